The Bertz CT molecular complexity index is 416. The summed E-state index contributed by atoms with van der Waals surface area (Å²) in [6, 6.07) is 5.99. The lowest BCUT2D eigenvalue weighted by Gasteiger charge is -2.43. The summed E-state index contributed by atoms with van der Waals surface area (Å²) in [6.45, 7) is 2.71. The van der Waals surface area contributed by atoms with Crippen molar-refractivity contribution in [2.75, 3.05) is 33.3 Å². The lowest BCUT2D eigenvalue weighted by atomic mass is 9.85. The Morgan fingerprint density at radius 1 is 1.10 bits per heavy atom. The first-order valence-corrected chi connectivity index (χ1v) is 6.85. The Balaban J connectivity index is 2.03. The van der Waals surface area contributed by atoms with Gasteiger partial charge in [0.1, 0.15) is 17.6 Å². The highest BCUT2D eigenvalue weighted by Gasteiger charge is 2.42. The fraction of sp³-hybridized carbons (Fsp3) is 0.600. The second kappa shape index (κ2) is 6.81. The van der Waals surface area contributed by atoms with Crippen molar-refractivity contribution in [3.05, 3.63) is 18.2 Å². The molecule has 1 aromatic rings. The van der Waals surface area contributed by atoms with E-state index in [1.165, 1.54) is 0 Å². The van der Waals surface area contributed by atoms with Crippen molar-refractivity contribution < 1.29 is 18.9 Å². The number of nitrogens with one attached hydrogen (secondary N) is 1. The third kappa shape index (κ3) is 3.16. The van der Waals surface area contributed by atoms with Gasteiger partial charge in [-0.25, -0.2) is 0 Å². The number of benzene rings is 1. The number of anilines is 1. The highest BCUT2D eigenvalue weighted by Crippen LogP contribution is 2.32. The lowest BCUT2D eigenvalue weighted by molar-refractivity contribution is -0.118. The van der Waals surface area contributed by atoms with Crippen molar-refractivity contribution in [3.8, 4) is 11.5 Å². The molecule has 0 aromatic heterocycles. The third-order valence-electron chi connectivity index (χ3n) is 3.61. The molecule has 0 bridgehead atoms. The van der Waals surface area contributed by atoms with Crippen LogP contribution in [0.4, 0.5) is 5.69 Å². The van der Waals surface area contributed by atoms with Crippen molar-refractivity contribution >= 4 is 5.69 Å². The van der Waals surface area contributed by atoms with Gasteiger partial charge in [0.2, 0.25) is 0 Å². The second-order valence-electron chi connectivity index (χ2n) is 4.78. The van der Waals surface area contributed by atoms with Gasteiger partial charge in [0, 0.05) is 37.6 Å². The van der Waals surface area contributed by atoms with Crippen molar-refractivity contribution in [2.24, 2.45) is 0 Å². The minimum atomic E-state index is 0.0761. The fourth-order valence-electron chi connectivity index (χ4n) is 2.52. The van der Waals surface area contributed by atoms with Crippen LogP contribution in [0.15, 0.2) is 18.2 Å². The number of hydrogen-bond acceptors (Lipinski definition) is 5. The number of rotatable bonds is 7. The maximum atomic E-state index is 5.62. The van der Waals surface area contributed by atoms with E-state index in [0.29, 0.717) is 6.61 Å². The van der Waals surface area contributed by atoms with E-state index in [0.717, 1.165) is 23.6 Å². The summed E-state index contributed by atoms with van der Waals surface area (Å²) in [6.07, 6.45) is 1.19. The molecule has 3 unspecified atom stereocenters. The summed E-state index contributed by atoms with van der Waals surface area (Å²) in [5.74, 6) is 1.53. The van der Waals surface area contributed by atoms with Gasteiger partial charge in [-0.15, -0.1) is 0 Å². The normalized spacial score (nSPS) is 24.9. The first kappa shape index (κ1) is 14.9. The molecule has 5 heteroatoms. The molecule has 1 aliphatic rings. The van der Waals surface area contributed by atoms with Gasteiger partial charge in [-0.2, -0.15) is 0 Å². The summed E-state index contributed by atoms with van der Waals surface area (Å²) in [5.41, 5.74) is 0.961. The van der Waals surface area contributed by atoms with Gasteiger partial charge >= 0.3 is 0 Å². The van der Waals surface area contributed by atoms with Crippen LogP contribution >= 0.6 is 0 Å². The van der Waals surface area contributed by atoms with Gasteiger partial charge in [0.25, 0.3) is 0 Å². The van der Waals surface area contributed by atoms with Crippen LogP contribution in [0.2, 0.25) is 0 Å². The SMILES string of the molecule is CCOC1CC(Nc2cc(OC)cc(OC)c2)C1OC. The molecular formula is C15H23NO4. The monoisotopic (exact) mass is 281 g/mol. The predicted molar refractivity (Wildman–Crippen MR) is 77.8 cm³/mol. The van der Waals surface area contributed by atoms with Crippen molar-refractivity contribution in [1.82, 2.24) is 0 Å². The number of methoxy groups -OCH3 is 3. The Hall–Kier alpha value is -1.46. The molecule has 1 saturated carbocycles. The minimum absolute atomic E-state index is 0.0761. The Kier molecular flexibility index (Phi) is 5.09. The van der Waals surface area contributed by atoms with E-state index in [9.17, 15) is 0 Å². The topological polar surface area (TPSA) is 49.0 Å². The summed E-state index contributed by atoms with van der Waals surface area (Å²) in [5, 5.41) is 3.45. The zero-order valence-corrected chi connectivity index (χ0v) is 12.5. The highest BCUT2D eigenvalue weighted by molar-refractivity contribution is 5.54. The molecule has 5 nitrogen and oxygen atoms in total. The van der Waals surface area contributed by atoms with Gasteiger partial charge in [0.05, 0.1) is 26.4 Å². The van der Waals surface area contributed by atoms with Crippen molar-refractivity contribution in [2.45, 2.75) is 31.6 Å². The number of hydrogen-bond donors (Lipinski definition) is 1. The van der Waals surface area contributed by atoms with Crippen LogP contribution in [-0.2, 0) is 9.47 Å². The van der Waals surface area contributed by atoms with Gasteiger partial charge < -0.3 is 24.3 Å². The van der Waals surface area contributed by atoms with E-state index >= 15 is 0 Å². The molecule has 0 amide bonds. The average molecular weight is 281 g/mol. The molecule has 1 aromatic carbocycles. The molecular weight excluding hydrogens is 258 g/mol. The molecule has 1 aliphatic carbocycles. The van der Waals surface area contributed by atoms with Crippen LogP contribution in [-0.4, -0.2) is 46.2 Å². The van der Waals surface area contributed by atoms with E-state index in [1.807, 2.05) is 25.1 Å². The quantitative estimate of drug-likeness (QED) is 0.831. The highest BCUT2D eigenvalue weighted by atomic mass is 16.5. The van der Waals surface area contributed by atoms with E-state index < -0.39 is 0 Å². The summed E-state index contributed by atoms with van der Waals surface area (Å²) in [7, 11) is 5.01. The Labute approximate surface area is 120 Å². The molecule has 0 saturated heterocycles. The fourth-order valence-corrected chi connectivity index (χ4v) is 2.52. The predicted octanol–water partition coefficient (Wildman–Crippen LogP) is 2.31. The van der Waals surface area contributed by atoms with Gasteiger partial charge in [-0.3, -0.25) is 0 Å². The molecule has 0 spiro atoms. The molecule has 1 N–H and O–H groups in total. The molecule has 0 aliphatic heterocycles. The van der Waals surface area contributed by atoms with Crippen LogP contribution in [0.5, 0.6) is 11.5 Å². The van der Waals surface area contributed by atoms with Crippen LogP contribution in [0.25, 0.3) is 0 Å². The van der Waals surface area contributed by atoms with Crippen LogP contribution in [0, 0.1) is 0 Å². The molecule has 2 rings (SSSR count). The van der Waals surface area contributed by atoms with Gasteiger partial charge in [-0.05, 0) is 13.3 Å². The standard InChI is InChI=1S/C15H23NO4/c1-5-20-14-9-13(15(14)19-4)16-10-6-11(17-2)8-12(7-10)18-3/h6-8,13-16H,5,9H2,1-4H3. The molecule has 3 atom stereocenters. The van der Waals surface area contributed by atoms with E-state index in [1.54, 1.807) is 21.3 Å². The van der Waals surface area contributed by atoms with Gasteiger partial charge in [-0.1, -0.05) is 0 Å². The van der Waals surface area contributed by atoms with Crippen molar-refractivity contribution in [3.63, 3.8) is 0 Å². The molecule has 112 valence electrons. The summed E-state index contributed by atoms with van der Waals surface area (Å²) < 4.78 is 21.7. The maximum absolute atomic E-state index is 5.62. The summed E-state index contributed by atoms with van der Waals surface area (Å²) >= 11 is 0. The first-order valence-electron chi connectivity index (χ1n) is 6.85. The maximum Gasteiger partial charge on any atom is 0.124 e. The molecule has 1 fully saturated rings. The first-order chi connectivity index (χ1) is 9.71. The van der Waals surface area contributed by atoms with Gasteiger partial charge in [0.15, 0.2) is 0 Å². The number of ether oxygens (including phenoxy) is 4. The Morgan fingerprint density at radius 2 is 1.75 bits per heavy atom. The zero-order valence-electron chi connectivity index (χ0n) is 12.5. The average Bonchev–Trinajstić information content (AvgIpc) is 2.46. The minimum Gasteiger partial charge on any atom is -0.497 e. The third-order valence-corrected chi connectivity index (χ3v) is 3.61. The second-order valence-corrected chi connectivity index (χ2v) is 4.78. The summed E-state index contributed by atoms with van der Waals surface area (Å²) in [4.78, 5) is 0. The molecule has 0 heterocycles. The van der Waals surface area contributed by atoms with E-state index in [-0.39, 0.29) is 18.2 Å². The molecule has 0 radical (unpaired) electrons. The molecule has 20 heavy (non-hydrogen) atoms. The zero-order chi connectivity index (χ0) is 14.5. The van der Waals surface area contributed by atoms with Crippen molar-refractivity contribution in [1.29, 1.82) is 0 Å². The Morgan fingerprint density at radius 3 is 2.25 bits per heavy atom. The van der Waals surface area contributed by atoms with E-state index in [2.05, 4.69) is 5.32 Å². The smallest absolute Gasteiger partial charge is 0.124 e. The van der Waals surface area contributed by atoms with E-state index in [4.69, 9.17) is 18.9 Å². The lowest BCUT2D eigenvalue weighted by Crippen LogP contribution is -2.56. The largest absolute Gasteiger partial charge is 0.497 e. The van der Waals surface area contributed by atoms with Crippen LogP contribution in [0.1, 0.15) is 13.3 Å². The van der Waals surface area contributed by atoms with Crippen LogP contribution in [0.3, 0.4) is 0 Å². The van der Waals surface area contributed by atoms with Crippen LogP contribution < -0.4 is 14.8 Å².